The van der Waals surface area contributed by atoms with Crippen LogP contribution in [-0.4, -0.2) is 75.2 Å². The summed E-state index contributed by atoms with van der Waals surface area (Å²) < 4.78 is 0. The van der Waals surface area contributed by atoms with Crippen molar-refractivity contribution in [3.8, 4) is 5.75 Å². The number of phenols is 1. The van der Waals surface area contributed by atoms with Crippen molar-refractivity contribution < 1.29 is 39.3 Å². The summed E-state index contributed by atoms with van der Waals surface area (Å²) in [6.45, 7) is 4.75. The first-order valence-electron chi connectivity index (χ1n) is 11.4. The number of phenolic OH excluding ortho intramolecular Hbond substituents is 1. The van der Waals surface area contributed by atoms with Crippen LogP contribution < -0.4 is 27.4 Å². The molecule has 4 amide bonds. The fourth-order valence-corrected chi connectivity index (χ4v) is 3.18. The fraction of sp³-hybridized carbons (Fsp3) is 0.522. The summed E-state index contributed by atoms with van der Waals surface area (Å²) >= 11 is 0. The third-order valence-corrected chi connectivity index (χ3v) is 5.65. The molecule has 6 unspecified atom stereocenters. The summed E-state index contributed by atoms with van der Waals surface area (Å²) in [5.41, 5.74) is 11.6. The highest BCUT2D eigenvalue weighted by Gasteiger charge is 2.33. The fourth-order valence-electron chi connectivity index (χ4n) is 3.18. The van der Waals surface area contributed by atoms with Gasteiger partial charge in [0.2, 0.25) is 23.6 Å². The Labute approximate surface area is 208 Å². The van der Waals surface area contributed by atoms with E-state index in [0.717, 1.165) is 0 Å². The second-order valence-corrected chi connectivity index (χ2v) is 8.64. The Morgan fingerprint density at radius 1 is 0.917 bits per heavy atom. The molecule has 0 radical (unpaired) electrons. The minimum atomic E-state index is -1.62. The van der Waals surface area contributed by atoms with Crippen LogP contribution in [0.25, 0.3) is 0 Å². The zero-order chi connectivity index (χ0) is 27.6. The molecule has 13 nitrogen and oxygen atoms in total. The molecular formula is C23H35N5O8. The standard InChI is InChI=1S/C23H35N5O8/c1-4-11(2)18(25)21(33)26-15(10-17(24)31)20(32)28-19(12(3)29)22(34)27-16(23(35)36)9-13-5-7-14(30)8-6-13/h5-8,11-12,15-16,18-19,29-30H,4,9-10,25H2,1-3H3,(H2,24,31)(H,26,33)(H,27,34)(H,28,32)(H,35,36). The number of nitrogens with two attached hydrogens (primary N) is 2. The van der Waals surface area contributed by atoms with E-state index < -0.39 is 66.3 Å². The van der Waals surface area contributed by atoms with Gasteiger partial charge in [-0.1, -0.05) is 32.4 Å². The van der Waals surface area contributed by atoms with Gasteiger partial charge in [0.15, 0.2) is 0 Å². The van der Waals surface area contributed by atoms with E-state index in [9.17, 15) is 39.3 Å². The number of nitrogens with one attached hydrogen (secondary N) is 3. The third kappa shape index (κ3) is 9.50. The Bertz CT molecular complexity index is 937. The number of rotatable bonds is 14. The van der Waals surface area contributed by atoms with Crippen LogP contribution in [0.5, 0.6) is 5.75 Å². The molecule has 0 aliphatic rings. The zero-order valence-corrected chi connectivity index (χ0v) is 20.4. The quantitative estimate of drug-likeness (QED) is 0.140. The molecule has 10 N–H and O–H groups in total. The van der Waals surface area contributed by atoms with E-state index >= 15 is 0 Å². The number of hydrogen-bond donors (Lipinski definition) is 8. The van der Waals surface area contributed by atoms with Gasteiger partial charge in [-0.25, -0.2) is 4.79 Å². The van der Waals surface area contributed by atoms with E-state index in [0.29, 0.717) is 12.0 Å². The number of carbonyl (C=O) groups is 5. The molecule has 0 spiro atoms. The second-order valence-electron chi connectivity index (χ2n) is 8.64. The predicted octanol–water partition coefficient (Wildman–Crippen LogP) is -1.90. The van der Waals surface area contributed by atoms with Gasteiger partial charge in [-0.2, -0.15) is 0 Å². The number of aliphatic carboxylic acids is 1. The van der Waals surface area contributed by atoms with Crippen LogP contribution in [0.2, 0.25) is 0 Å². The predicted molar refractivity (Wildman–Crippen MR) is 128 cm³/mol. The SMILES string of the molecule is CCC(C)C(N)C(=O)NC(CC(N)=O)C(=O)NC(C(=O)NC(Cc1ccc(O)cc1)C(=O)O)C(C)O. The Morgan fingerprint density at radius 3 is 1.94 bits per heavy atom. The summed E-state index contributed by atoms with van der Waals surface area (Å²) in [5.74, 6) is -5.23. The van der Waals surface area contributed by atoms with E-state index in [1.54, 1.807) is 6.92 Å². The minimum Gasteiger partial charge on any atom is -0.508 e. The van der Waals surface area contributed by atoms with Crippen LogP contribution in [0.15, 0.2) is 24.3 Å². The molecule has 1 aromatic rings. The molecule has 0 aromatic heterocycles. The number of benzene rings is 1. The monoisotopic (exact) mass is 509 g/mol. The summed E-state index contributed by atoms with van der Waals surface area (Å²) in [7, 11) is 0. The summed E-state index contributed by atoms with van der Waals surface area (Å²) in [6, 6.07) is 0.185. The summed E-state index contributed by atoms with van der Waals surface area (Å²) in [6.07, 6.45) is -1.63. The van der Waals surface area contributed by atoms with Gasteiger partial charge >= 0.3 is 5.97 Å². The van der Waals surface area contributed by atoms with Gasteiger partial charge in [-0.05, 0) is 30.5 Å². The largest absolute Gasteiger partial charge is 0.508 e. The number of amides is 4. The second kappa shape index (κ2) is 14.0. The normalized spacial score (nSPS) is 15.9. The lowest BCUT2D eigenvalue weighted by molar-refractivity contribution is -0.143. The molecule has 0 saturated carbocycles. The van der Waals surface area contributed by atoms with Crippen LogP contribution >= 0.6 is 0 Å². The number of carboxylic acid groups (broad SMARTS) is 1. The van der Waals surface area contributed by atoms with Gasteiger partial charge in [0.1, 0.15) is 23.9 Å². The van der Waals surface area contributed by atoms with Crippen molar-refractivity contribution in [2.75, 3.05) is 0 Å². The van der Waals surface area contributed by atoms with Crippen molar-refractivity contribution in [1.29, 1.82) is 0 Å². The molecule has 0 saturated heterocycles. The molecule has 200 valence electrons. The Hall–Kier alpha value is -3.71. The van der Waals surface area contributed by atoms with E-state index in [1.807, 2.05) is 6.92 Å². The van der Waals surface area contributed by atoms with Gasteiger partial charge in [0.25, 0.3) is 0 Å². The van der Waals surface area contributed by atoms with E-state index in [2.05, 4.69) is 16.0 Å². The van der Waals surface area contributed by atoms with Crippen molar-refractivity contribution >= 4 is 29.6 Å². The van der Waals surface area contributed by atoms with Gasteiger partial charge in [-0.3, -0.25) is 19.2 Å². The lowest BCUT2D eigenvalue weighted by Crippen LogP contribution is -2.60. The van der Waals surface area contributed by atoms with E-state index in [1.165, 1.54) is 31.2 Å². The minimum absolute atomic E-state index is 0.0192. The lowest BCUT2D eigenvalue weighted by Gasteiger charge is -2.26. The number of aliphatic hydroxyl groups excluding tert-OH is 1. The smallest absolute Gasteiger partial charge is 0.326 e. The van der Waals surface area contributed by atoms with Crippen LogP contribution in [0.4, 0.5) is 0 Å². The molecule has 0 bridgehead atoms. The van der Waals surface area contributed by atoms with Crippen LogP contribution in [0.1, 0.15) is 39.2 Å². The van der Waals surface area contributed by atoms with Crippen LogP contribution in [-0.2, 0) is 30.4 Å². The summed E-state index contributed by atoms with van der Waals surface area (Å²) in [4.78, 5) is 61.2. The van der Waals surface area contributed by atoms with Crippen molar-refractivity contribution in [2.45, 2.75) is 70.3 Å². The average Bonchev–Trinajstić information content (AvgIpc) is 2.80. The molecule has 0 aliphatic carbocycles. The zero-order valence-electron chi connectivity index (χ0n) is 20.4. The first kappa shape index (κ1) is 30.3. The Kier molecular flexibility index (Phi) is 11.8. The van der Waals surface area contributed by atoms with Crippen LogP contribution in [0.3, 0.4) is 0 Å². The van der Waals surface area contributed by atoms with Crippen molar-refractivity contribution in [1.82, 2.24) is 16.0 Å². The molecule has 36 heavy (non-hydrogen) atoms. The van der Waals surface area contributed by atoms with Gasteiger partial charge in [0, 0.05) is 6.42 Å². The molecule has 0 heterocycles. The highest BCUT2D eigenvalue weighted by atomic mass is 16.4. The number of carboxylic acids is 1. The molecule has 1 rings (SSSR count). The Balaban J connectivity index is 2.99. The van der Waals surface area contributed by atoms with Crippen molar-refractivity contribution in [2.24, 2.45) is 17.4 Å². The van der Waals surface area contributed by atoms with Gasteiger partial charge in [0.05, 0.1) is 18.6 Å². The topological polar surface area (TPSA) is 234 Å². The maximum Gasteiger partial charge on any atom is 0.326 e. The van der Waals surface area contributed by atoms with Gasteiger partial charge < -0.3 is 42.7 Å². The molecular weight excluding hydrogens is 474 g/mol. The molecule has 6 atom stereocenters. The number of aromatic hydroxyl groups is 1. The summed E-state index contributed by atoms with van der Waals surface area (Å²) in [5, 5.41) is 35.8. The molecule has 0 aliphatic heterocycles. The maximum atomic E-state index is 12.8. The highest BCUT2D eigenvalue weighted by Crippen LogP contribution is 2.12. The van der Waals surface area contributed by atoms with Gasteiger partial charge in [-0.15, -0.1) is 0 Å². The van der Waals surface area contributed by atoms with E-state index in [-0.39, 0.29) is 18.1 Å². The maximum absolute atomic E-state index is 12.8. The highest BCUT2D eigenvalue weighted by molar-refractivity contribution is 5.96. The first-order chi connectivity index (χ1) is 16.8. The van der Waals surface area contributed by atoms with Crippen molar-refractivity contribution in [3.05, 3.63) is 29.8 Å². The Morgan fingerprint density at radius 2 is 1.47 bits per heavy atom. The average molecular weight is 510 g/mol. The number of carbonyl (C=O) groups excluding carboxylic acids is 4. The first-order valence-corrected chi connectivity index (χ1v) is 11.4. The lowest BCUT2D eigenvalue weighted by atomic mass is 9.99. The van der Waals surface area contributed by atoms with Crippen LogP contribution in [0, 0.1) is 5.92 Å². The number of primary amides is 1. The van der Waals surface area contributed by atoms with Crippen molar-refractivity contribution in [3.63, 3.8) is 0 Å². The number of hydrogen-bond acceptors (Lipinski definition) is 8. The third-order valence-electron chi connectivity index (χ3n) is 5.65. The number of aliphatic hydroxyl groups is 1. The molecule has 0 fully saturated rings. The molecule has 1 aromatic carbocycles. The van der Waals surface area contributed by atoms with E-state index in [4.69, 9.17) is 11.5 Å². The molecule has 13 heteroatoms.